The highest BCUT2D eigenvalue weighted by atomic mass is 32.1. The smallest absolute Gasteiger partial charge is 0.268 e. The molecular formula is C24H18FN3O2S. The number of rotatable bonds is 4. The van der Waals surface area contributed by atoms with Crippen LogP contribution in [0, 0.1) is 12.7 Å². The molecule has 0 radical (unpaired) electrons. The zero-order chi connectivity index (χ0) is 21.4. The van der Waals surface area contributed by atoms with Gasteiger partial charge in [0.2, 0.25) is 6.10 Å². The predicted octanol–water partition coefficient (Wildman–Crippen LogP) is 5.54. The Morgan fingerprint density at radius 1 is 1.06 bits per heavy atom. The standard InChI is InChI=1S/C24H18FN3O2S/c1-14-2-11-19-22(12-14)31-24(27-19)16-5-9-18(10-6-16)26-23(29)21-13-20(28-30-21)15-3-7-17(25)8-4-15/h2-12,21H,13H2,1H3,(H,26,29). The molecule has 5 nitrogen and oxygen atoms in total. The van der Waals surface area contributed by atoms with Gasteiger partial charge in [-0.15, -0.1) is 11.3 Å². The van der Waals surface area contributed by atoms with Crippen molar-refractivity contribution in [1.82, 2.24) is 4.98 Å². The first-order valence-electron chi connectivity index (χ1n) is 9.82. The lowest BCUT2D eigenvalue weighted by Gasteiger charge is -2.10. The van der Waals surface area contributed by atoms with Crippen LogP contribution in [0.3, 0.4) is 0 Å². The van der Waals surface area contributed by atoms with E-state index in [4.69, 9.17) is 9.82 Å². The average Bonchev–Trinajstić information content (AvgIpc) is 3.42. The highest BCUT2D eigenvalue weighted by Crippen LogP contribution is 2.31. The number of nitrogens with zero attached hydrogens (tertiary/aromatic N) is 2. The monoisotopic (exact) mass is 431 g/mol. The van der Waals surface area contributed by atoms with E-state index in [2.05, 4.69) is 29.5 Å². The summed E-state index contributed by atoms with van der Waals surface area (Å²) in [7, 11) is 0. The van der Waals surface area contributed by atoms with Gasteiger partial charge in [-0.05, 0) is 66.6 Å². The van der Waals surface area contributed by atoms with Gasteiger partial charge in [0, 0.05) is 17.7 Å². The van der Waals surface area contributed by atoms with Crippen molar-refractivity contribution < 1.29 is 14.0 Å². The molecule has 4 aromatic rings. The minimum atomic E-state index is -0.716. The maximum atomic E-state index is 13.1. The number of carbonyl (C=O) groups excluding carboxylic acids is 1. The van der Waals surface area contributed by atoms with Crippen LogP contribution < -0.4 is 5.32 Å². The summed E-state index contributed by atoms with van der Waals surface area (Å²) in [5.41, 5.74) is 5.23. The van der Waals surface area contributed by atoms with E-state index in [0.717, 1.165) is 26.4 Å². The fourth-order valence-corrected chi connectivity index (χ4v) is 4.47. The van der Waals surface area contributed by atoms with Crippen molar-refractivity contribution in [3.8, 4) is 10.6 Å². The SMILES string of the molecule is Cc1ccc2nc(-c3ccc(NC(=O)C4CC(c5ccc(F)cc5)=NO4)cc3)sc2c1. The van der Waals surface area contributed by atoms with E-state index in [1.807, 2.05) is 30.3 Å². The summed E-state index contributed by atoms with van der Waals surface area (Å²) in [5.74, 6) is -0.592. The lowest BCUT2D eigenvalue weighted by molar-refractivity contribution is -0.125. The van der Waals surface area contributed by atoms with Gasteiger partial charge in [0.05, 0.1) is 15.9 Å². The third-order valence-corrected chi connectivity index (χ3v) is 6.15. The summed E-state index contributed by atoms with van der Waals surface area (Å²) in [6, 6.07) is 19.8. The van der Waals surface area contributed by atoms with Crippen LogP contribution in [0.1, 0.15) is 17.5 Å². The molecule has 1 aliphatic rings. The first-order chi connectivity index (χ1) is 15.0. The molecule has 7 heteroatoms. The van der Waals surface area contributed by atoms with Gasteiger partial charge in [0.25, 0.3) is 5.91 Å². The van der Waals surface area contributed by atoms with Crippen LogP contribution in [0.2, 0.25) is 0 Å². The van der Waals surface area contributed by atoms with Crippen molar-refractivity contribution in [2.75, 3.05) is 5.32 Å². The quantitative estimate of drug-likeness (QED) is 0.461. The summed E-state index contributed by atoms with van der Waals surface area (Å²) in [6.45, 7) is 2.07. The minimum absolute atomic E-state index is 0.274. The summed E-state index contributed by atoms with van der Waals surface area (Å²) in [5, 5.41) is 7.79. The molecular weight excluding hydrogens is 413 g/mol. The Bertz CT molecular complexity index is 1300. The van der Waals surface area contributed by atoms with Gasteiger partial charge in [0.15, 0.2) is 0 Å². The van der Waals surface area contributed by atoms with Crippen molar-refractivity contribution in [2.45, 2.75) is 19.4 Å². The number of amides is 1. The minimum Gasteiger partial charge on any atom is -0.382 e. The van der Waals surface area contributed by atoms with Crippen molar-refractivity contribution in [3.63, 3.8) is 0 Å². The molecule has 1 amide bonds. The van der Waals surface area contributed by atoms with Crippen LogP contribution in [0.15, 0.2) is 71.9 Å². The molecule has 1 atom stereocenters. The normalized spacial score (nSPS) is 15.5. The van der Waals surface area contributed by atoms with Gasteiger partial charge in [-0.2, -0.15) is 0 Å². The van der Waals surface area contributed by atoms with E-state index in [1.54, 1.807) is 23.5 Å². The third-order valence-electron chi connectivity index (χ3n) is 5.08. The van der Waals surface area contributed by atoms with E-state index in [0.29, 0.717) is 17.8 Å². The Morgan fingerprint density at radius 3 is 2.58 bits per heavy atom. The molecule has 0 aliphatic carbocycles. The summed E-state index contributed by atoms with van der Waals surface area (Å²) in [4.78, 5) is 22.6. The van der Waals surface area contributed by atoms with Crippen LogP contribution in [-0.4, -0.2) is 22.7 Å². The zero-order valence-corrected chi connectivity index (χ0v) is 17.4. The largest absolute Gasteiger partial charge is 0.382 e. The van der Waals surface area contributed by atoms with Crippen LogP contribution >= 0.6 is 11.3 Å². The molecule has 31 heavy (non-hydrogen) atoms. The number of aromatic nitrogens is 1. The number of fused-ring (bicyclic) bond motifs is 1. The first-order valence-corrected chi connectivity index (χ1v) is 10.6. The molecule has 1 N–H and O–H groups in total. The number of hydrogen-bond acceptors (Lipinski definition) is 5. The summed E-state index contributed by atoms with van der Waals surface area (Å²) >= 11 is 1.65. The number of aryl methyl sites for hydroxylation is 1. The predicted molar refractivity (Wildman–Crippen MR) is 121 cm³/mol. The van der Waals surface area contributed by atoms with Crippen molar-refractivity contribution in [2.24, 2.45) is 5.16 Å². The molecule has 2 heterocycles. The van der Waals surface area contributed by atoms with E-state index in [-0.39, 0.29) is 11.7 Å². The highest BCUT2D eigenvalue weighted by molar-refractivity contribution is 7.21. The number of hydrogen-bond donors (Lipinski definition) is 1. The van der Waals surface area contributed by atoms with Crippen LogP contribution in [0.5, 0.6) is 0 Å². The average molecular weight is 431 g/mol. The number of thiazole rings is 1. The van der Waals surface area contributed by atoms with Gasteiger partial charge >= 0.3 is 0 Å². The lowest BCUT2D eigenvalue weighted by Crippen LogP contribution is -2.28. The Morgan fingerprint density at radius 2 is 1.81 bits per heavy atom. The van der Waals surface area contributed by atoms with E-state index < -0.39 is 6.10 Å². The van der Waals surface area contributed by atoms with Gasteiger partial charge in [-0.1, -0.05) is 23.4 Å². The Kier molecular flexibility index (Phi) is 4.95. The Hall–Kier alpha value is -3.58. The van der Waals surface area contributed by atoms with Crippen molar-refractivity contribution in [1.29, 1.82) is 0 Å². The lowest BCUT2D eigenvalue weighted by atomic mass is 10.0. The molecule has 154 valence electrons. The Labute approximate surface area is 182 Å². The number of nitrogens with one attached hydrogen (secondary N) is 1. The van der Waals surface area contributed by atoms with Gasteiger partial charge in [-0.25, -0.2) is 9.37 Å². The second kappa shape index (κ2) is 7.92. The number of anilines is 1. The molecule has 0 saturated carbocycles. The molecule has 1 aliphatic heterocycles. The van der Waals surface area contributed by atoms with Gasteiger partial charge in [0.1, 0.15) is 10.8 Å². The molecule has 5 rings (SSSR count). The highest BCUT2D eigenvalue weighted by Gasteiger charge is 2.29. The Balaban J connectivity index is 1.24. The molecule has 0 spiro atoms. The van der Waals surface area contributed by atoms with E-state index in [1.165, 1.54) is 17.7 Å². The number of benzene rings is 3. The first kappa shape index (κ1) is 19.4. The van der Waals surface area contributed by atoms with Crippen LogP contribution in [-0.2, 0) is 9.63 Å². The molecule has 0 bridgehead atoms. The van der Waals surface area contributed by atoms with Crippen LogP contribution in [0.4, 0.5) is 10.1 Å². The second-order valence-electron chi connectivity index (χ2n) is 7.40. The molecule has 0 saturated heterocycles. The molecule has 1 aromatic heterocycles. The molecule has 1 unspecified atom stereocenters. The number of carbonyl (C=O) groups is 1. The third kappa shape index (κ3) is 4.04. The maximum absolute atomic E-state index is 13.1. The number of halogens is 1. The van der Waals surface area contributed by atoms with E-state index >= 15 is 0 Å². The fraction of sp³-hybridized carbons (Fsp3) is 0.125. The molecule has 0 fully saturated rings. The summed E-state index contributed by atoms with van der Waals surface area (Å²) in [6.07, 6.45) is -0.382. The van der Waals surface area contributed by atoms with Crippen molar-refractivity contribution in [3.05, 3.63) is 83.7 Å². The number of oxime groups is 1. The second-order valence-corrected chi connectivity index (χ2v) is 8.43. The van der Waals surface area contributed by atoms with Gasteiger partial charge < -0.3 is 10.2 Å². The zero-order valence-electron chi connectivity index (χ0n) is 16.6. The van der Waals surface area contributed by atoms with Crippen LogP contribution in [0.25, 0.3) is 20.8 Å². The molecule has 3 aromatic carbocycles. The van der Waals surface area contributed by atoms with Crippen molar-refractivity contribution >= 4 is 38.9 Å². The topological polar surface area (TPSA) is 63.6 Å². The maximum Gasteiger partial charge on any atom is 0.268 e. The fourth-order valence-electron chi connectivity index (χ4n) is 3.40. The van der Waals surface area contributed by atoms with E-state index in [9.17, 15) is 9.18 Å². The summed E-state index contributed by atoms with van der Waals surface area (Å²) < 4.78 is 14.2. The van der Waals surface area contributed by atoms with Gasteiger partial charge in [-0.3, -0.25) is 4.79 Å².